The molecule has 0 amide bonds. The fourth-order valence-electron chi connectivity index (χ4n) is 1.76. The SMILES string of the molecule is CCCCCCCNc1ccccc1SC(F)F. The van der Waals surface area contributed by atoms with E-state index < -0.39 is 5.76 Å². The number of para-hydroxylation sites is 1. The van der Waals surface area contributed by atoms with Gasteiger partial charge in [-0.1, -0.05) is 56.5 Å². The second-order valence-electron chi connectivity index (χ2n) is 4.22. The Bertz CT molecular complexity index is 331. The van der Waals surface area contributed by atoms with Gasteiger partial charge in [-0.15, -0.1) is 0 Å². The predicted octanol–water partition coefficient (Wildman–Crippen LogP) is 5.38. The van der Waals surface area contributed by atoms with Crippen molar-refractivity contribution >= 4 is 17.4 Å². The lowest BCUT2D eigenvalue weighted by atomic mass is 10.1. The molecule has 0 spiro atoms. The molecule has 0 radical (unpaired) electrons. The number of unbranched alkanes of at least 4 members (excludes halogenated alkanes) is 4. The van der Waals surface area contributed by atoms with E-state index in [-0.39, 0.29) is 0 Å². The van der Waals surface area contributed by atoms with Crippen molar-refractivity contribution in [3.05, 3.63) is 24.3 Å². The van der Waals surface area contributed by atoms with Crippen LogP contribution < -0.4 is 5.32 Å². The Balaban J connectivity index is 2.32. The first-order chi connectivity index (χ1) is 8.74. The molecule has 0 bridgehead atoms. The molecule has 0 unspecified atom stereocenters. The van der Waals surface area contributed by atoms with Crippen molar-refractivity contribution < 1.29 is 8.78 Å². The van der Waals surface area contributed by atoms with Gasteiger partial charge in [0, 0.05) is 17.1 Å². The minimum Gasteiger partial charge on any atom is -0.384 e. The number of rotatable bonds is 9. The third-order valence-electron chi connectivity index (χ3n) is 2.70. The first-order valence-electron chi connectivity index (χ1n) is 6.51. The second-order valence-corrected chi connectivity index (χ2v) is 5.25. The molecule has 0 heterocycles. The zero-order valence-corrected chi connectivity index (χ0v) is 11.6. The van der Waals surface area contributed by atoms with Crippen LogP contribution in [0.3, 0.4) is 0 Å². The Morgan fingerprint density at radius 3 is 2.56 bits per heavy atom. The van der Waals surface area contributed by atoms with E-state index in [1.165, 1.54) is 25.7 Å². The highest BCUT2D eigenvalue weighted by atomic mass is 32.2. The lowest BCUT2D eigenvalue weighted by Crippen LogP contribution is -2.02. The van der Waals surface area contributed by atoms with Crippen LogP contribution >= 0.6 is 11.8 Å². The normalized spacial score (nSPS) is 10.9. The topological polar surface area (TPSA) is 12.0 Å². The van der Waals surface area contributed by atoms with E-state index in [2.05, 4.69) is 12.2 Å². The van der Waals surface area contributed by atoms with E-state index in [0.29, 0.717) is 16.7 Å². The van der Waals surface area contributed by atoms with Gasteiger partial charge in [-0.2, -0.15) is 8.78 Å². The van der Waals surface area contributed by atoms with Gasteiger partial charge >= 0.3 is 0 Å². The van der Waals surface area contributed by atoms with Gasteiger partial charge in [0.05, 0.1) is 0 Å². The van der Waals surface area contributed by atoms with Crippen LogP contribution in [0.1, 0.15) is 39.0 Å². The molecule has 0 fully saturated rings. The number of hydrogen-bond acceptors (Lipinski definition) is 2. The molecular formula is C14H21F2NS. The maximum absolute atomic E-state index is 12.4. The summed E-state index contributed by atoms with van der Waals surface area (Å²) in [5.41, 5.74) is 0.818. The highest BCUT2D eigenvalue weighted by Crippen LogP contribution is 2.31. The summed E-state index contributed by atoms with van der Waals surface area (Å²) < 4.78 is 24.7. The first-order valence-corrected chi connectivity index (χ1v) is 7.39. The zero-order valence-electron chi connectivity index (χ0n) is 10.8. The van der Waals surface area contributed by atoms with E-state index >= 15 is 0 Å². The van der Waals surface area contributed by atoms with Crippen molar-refractivity contribution in [1.29, 1.82) is 0 Å². The van der Waals surface area contributed by atoms with Crippen molar-refractivity contribution in [3.63, 3.8) is 0 Å². The molecule has 0 aliphatic carbocycles. The molecule has 0 atom stereocenters. The van der Waals surface area contributed by atoms with E-state index in [9.17, 15) is 8.78 Å². The van der Waals surface area contributed by atoms with Gasteiger partial charge in [-0.3, -0.25) is 0 Å². The Hall–Kier alpha value is -0.770. The van der Waals surface area contributed by atoms with E-state index in [4.69, 9.17) is 0 Å². The summed E-state index contributed by atoms with van der Waals surface area (Å²) in [5, 5.41) is 3.24. The van der Waals surface area contributed by atoms with Crippen molar-refractivity contribution in [2.75, 3.05) is 11.9 Å². The monoisotopic (exact) mass is 273 g/mol. The minimum atomic E-state index is -2.36. The maximum atomic E-state index is 12.4. The van der Waals surface area contributed by atoms with Crippen LogP contribution in [0.5, 0.6) is 0 Å². The Kier molecular flexibility index (Phi) is 7.81. The first kappa shape index (κ1) is 15.3. The maximum Gasteiger partial charge on any atom is 0.288 e. The fourth-order valence-corrected chi connectivity index (χ4v) is 2.38. The van der Waals surface area contributed by atoms with Crippen LogP contribution in [0.2, 0.25) is 0 Å². The number of thioether (sulfide) groups is 1. The molecule has 102 valence electrons. The summed E-state index contributed by atoms with van der Waals surface area (Å²) in [7, 11) is 0. The van der Waals surface area contributed by atoms with E-state index in [1.54, 1.807) is 12.1 Å². The molecule has 0 saturated heterocycles. The smallest absolute Gasteiger partial charge is 0.288 e. The third kappa shape index (κ3) is 6.24. The van der Waals surface area contributed by atoms with Crippen molar-refractivity contribution in [2.24, 2.45) is 0 Å². The quantitative estimate of drug-likeness (QED) is 0.478. The van der Waals surface area contributed by atoms with Gasteiger partial charge in [-0.05, 0) is 18.6 Å². The van der Waals surface area contributed by atoms with Crippen LogP contribution in [0.15, 0.2) is 29.2 Å². The van der Waals surface area contributed by atoms with Gasteiger partial charge in [0.2, 0.25) is 0 Å². The molecule has 0 saturated carbocycles. The summed E-state index contributed by atoms with van der Waals surface area (Å²) in [6.07, 6.45) is 6.06. The predicted molar refractivity (Wildman–Crippen MR) is 75.6 cm³/mol. The molecule has 18 heavy (non-hydrogen) atoms. The summed E-state index contributed by atoms with van der Waals surface area (Å²) >= 11 is 0.601. The molecule has 0 aromatic heterocycles. The van der Waals surface area contributed by atoms with Crippen LogP contribution in [-0.4, -0.2) is 12.3 Å². The van der Waals surface area contributed by atoms with Crippen molar-refractivity contribution in [2.45, 2.75) is 49.7 Å². The largest absolute Gasteiger partial charge is 0.384 e. The Labute approximate surface area is 112 Å². The molecule has 4 heteroatoms. The number of hydrogen-bond donors (Lipinski definition) is 1. The molecule has 1 N–H and O–H groups in total. The van der Waals surface area contributed by atoms with Crippen molar-refractivity contribution in [3.8, 4) is 0 Å². The molecule has 1 nitrogen and oxygen atoms in total. The summed E-state index contributed by atoms with van der Waals surface area (Å²) in [5.74, 6) is -2.36. The highest BCUT2D eigenvalue weighted by Gasteiger charge is 2.08. The Morgan fingerprint density at radius 2 is 1.83 bits per heavy atom. The van der Waals surface area contributed by atoms with E-state index in [1.807, 2.05) is 12.1 Å². The lowest BCUT2D eigenvalue weighted by Gasteiger charge is -2.11. The minimum absolute atomic E-state index is 0.601. The summed E-state index contributed by atoms with van der Waals surface area (Å²) in [6, 6.07) is 7.25. The van der Waals surface area contributed by atoms with Gasteiger partial charge in [0.1, 0.15) is 0 Å². The molecule has 0 aliphatic heterocycles. The van der Waals surface area contributed by atoms with Crippen molar-refractivity contribution in [1.82, 2.24) is 0 Å². The average Bonchev–Trinajstić information content (AvgIpc) is 2.35. The van der Waals surface area contributed by atoms with Crippen LogP contribution in [0.4, 0.5) is 14.5 Å². The van der Waals surface area contributed by atoms with E-state index in [0.717, 1.165) is 18.7 Å². The zero-order chi connectivity index (χ0) is 13.2. The molecule has 1 rings (SSSR count). The van der Waals surface area contributed by atoms with Gasteiger partial charge in [0.15, 0.2) is 0 Å². The fraction of sp³-hybridized carbons (Fsp3) is 0.571. The Morgan fingerprint density at radius 1 is 1.11 bits per heavy atom. The summed E-state index contributed by atoms with van der Waals surface area (Å²) in [4.78, 5) is 0.626. The molecule has 1 aromatic carbocycles. The second kappa shape index (κ2) is 9.20. The number of benzene rings is 1. The number of nitrogens with one attached hydrogen (secondary N) is 1. The summed E-state index contributed by atoms with van der Waals surface area (Å²) in [6.45, 7) is 3.04. The lowest BCUT2D eigenvalue weighted by molar-refractivity contribution is 0.252. The number of anilines is 1. The van der Waals surface area contributed by atoms with Gasteiger partial charge in [0.25, 0.3) is 5.76 Å². The van der Waals surface area contributed by atoms with Gasteiger partial charge < -0.3 is 5.32 Å². The number of alkyl halides is 2. The number of halogens is 2. The van der Waals surface area contributed by atoms with Gasteiger partial charge in [-0.25, -0.2) is 0 Å². The molecule has 1 aromatic rings. The van der Waals surface area contributed by atoms with Crippen LogP contribution in [0.25, 0.3) is 0 Å². The molecule has 0 aliphatic rings. The molecular weight excluding hydrogens is 252 g/mol. The standard InChI is InChI=1S/C14H21F2NS/c1-2-3-4-5-8-11-17-12-9-6-7-10-13(12)18-14(15)16/h6-7,9-10,14,17H,2-5,8,11H2,1H3. The average molecular weight is 273 g/mol. The highest BCUT2D eigenvalue weighted by molar-refractivity contribution is 7.99. The van der Waals surface area contributed by atoms with Crippen LogP contribution in [0, 0.1) is 0 Å². The third-order valence-corrected chi connectivity index (χ3v) is 3.49. The van der Waals surface area contributed by atoms with Crippen LogP contribution in [-0.2, 0) is 0 Å².